The van der Waals surface area contributed by atoms with Crippen LogP contribution in [0.25, 0.3) is 10.9 Å². The van der Waals surface area contributed by atoms with Gasteiger partial charge in [0.1, 0.15) is 5.75 Å². The predicted octanol–water partition coefficient (Wildman–Crippen LogP) is 2.27. The second kappa shape index (κ2) is 8.84. The number of aliphatic hydroxyl groups excluding tert-OH is 1. The van der Waals surface area contributed by atoms with Crippen molar-refractivity contribution in [2.24, 2.45) is 0 Å². The minimum Gasteiger partial charge on any atom is -0.497 e. The van der Waals surface area contributed by atoms with Crippen molar-refractivity contribution in [3.8, 4) is 5.75 Å². The van der Waals surface area contributed by atoms with E-state index in [1.807, 2.05) is 36.7 Å². The topological polar surface area (TPSA) is 63.5 Å². The van der Waals surface area contributed by atoms with Crippen LogP contribution in [-0.4, -0.2) is 47.3 Å². The maximum atomic E-state index is 12.0. The molecule has 1 amide bonds. The Morgan fingerprint density at radius 3 is 2.96 bits per heavy atom. The van der Waals surface area contributed by atoms with E-state index in [2.05, 4.69) is 9.88 Å². The number of nitrogens with zero attached hydrogens (tertiary/aromatic N) is 1. The SMILES string of the molecule is COc1ccc2c(ccn2CCC(=O)NC(CO)CCSC)c1. The molecule has 0 saturated heterocycles. The number of methoxy groups -OCH3 is 1. The molecule has 0 aliphatic rings. The molecule has 0 bridgehead atoms. The Bertz CT molecular complexity index is 642. The van der Waals surface area contributed by atoms with E-state index in [4.69, 9.17) is 4.74 Å². The quantitative estimate of drug-likeness (QED) is 0.737. The average molecular weight is 336 g/mol. The highest BCUT2D eigenvalue weighted by molar-refractivity contribution is 7.98. The van der Waals surface area contributed by atoms with Crippen molar-refractivity contribution in [1.82, 2.24) is 9.88 Å². The monoisotopic (exact) mass is 336 g/mol. The summed E-state index contributed by atoms with van der Waals surface area (Å²) >= 11 is 1.71. The van der Waals surface area contributed by atoms with Gasteiger partial charge in [0.25, 0.3) is 0 Å². The summed E-state index contributed by atoms with van der Waals surface area (Å²) < 4.78 is 7.28. The number of ether oxygens (including phenoxy) is 1. The van der Waals surface area contributed by atoms with Gasteiger partial charge in [0.15, 0.2) is 0 Å². The van der Waals surface area contributed by atoms with Gasteiger partial charge in [-0.25, -0.2) is 0 Å². The summed E-state index contributed by atoms with van der Waals surface area (Å²) in [4.78, 5) is 12.0. The molecular weight excluding hydrogens is 312 g/mol. The van der Waals surface area contributed by atoms with Crippen LogP contribution in [0.1, 0.15) is 12.8 Å². The van der Waals surface area contributed by atoms with E-state index in [9.17, 15) is 9.90 Å². The summed E-state index contributed by atoms with van der Waals surface area (Å²) in [5.74, 6) is 1.73. The van der Waals surface area contributed by atoms with Crippen molar-refractivity contribution in [1.29, 1.82) is 0 Å². The molecule has 2 N–H and O–H groups in total. The van der Waals surface area contributed by atoms with Gasteiger partial charge < -0.3 is 19.7 Å². The van der Waals surface area contributed by atoms with Gasteiger partial charge in [-0.05, 0) is 42.7 Å². The molecule has 0 fully saturated rings. The highest BCUT2D eigenvalue weighted by Crippen LogP contribution is 2.22. The number of rotatable bonds is 9. The number of fused-ring (bicyclic) bond motifs is 1. The van der Waals surface area contributed by atoms with Crippen molar-refractivity contribution in [3.05, 3.63) is 30.5 Å². The van der Waals surface area contributed by atoms with Gasteiger partial charge in [-0.1, -0.05) is 0 Å². The van der Waals surface area contributed by atoms with Crippen LogP contribution < -0.4 is 10.1 Å². The molecule has 5 nitrogen and oxygen atoms in total. The standard InChI is InChI=1S/C17H24N2O3S/c1-22-15-3-4-16-13(11-15)5-8-19(16)9-6-17(21)18-14(12-20)7-10-23-2/h3-5,8,11,14,20H,6-7,9-10,12H2,1-2H3,(H,18,21). The zero-order valence-corrected chi connectivity index (χ0v) is 14.4. The molecule has 0 aliphatic carbocycles. The summed E-state index contributed by atoms with van der Waals surface area (Å²) in [7, 11) is 1.65. The largest absolute Gasteiger partial charge is 0.497 e. The third-order valence-corrected chi connectivity index (χ3v) is 4.46. The maximum absolute atomic E-state index is 12.0. The van der Waals surface area contributed by atoms with Crippen molar-refractivity contribution in [3.63, 3.8) is 0 Å². The predicted molar refractivity (Wildman–Crippen MR) is 95.1 cm³/mol. The first-order chi connectivity index (χ1) is 11.2. The van der Waals surface area contributed by atoms with Gasteiger partial charge in [0.2, 0.25) is 5.91 Å². The first kappa shape index (κ1) is 17.7. The van der Waals surface area contributed by atoms with E-state index < -0.39 is 0 Å². The Balaban J connectivity index is 1.91. The number of hydrogen-bond donors (Lipinski definition) is 2. The molecule has 6 heteroatoms. The summed E-state index contributed by atoms with van der Waals surface area (Å²) in [6, 6.07) is 7.77. The number of aliphatic hydroxyl groups is 1. The molecule has 0 saturated carbocycles. The number of aromatic nitrogens is 1. The molecule has 2 aromatic rings. The van der Waals surface area contributed by atoms with Crippen LogP contribution in [0.15, 0.2) is 30.5 Å². The lowest BCUT2D eigenvalue weighted by molar-refractivity contribution is -0.122. The maximum Gasteiger partial charge on any atom is 0.222 e. The number of aryl methyl sites for hydroxylation is 1. The van der Waals surface area contributed by atoms with E-state index >= 15 is 0 Å². The summed E-state index contributed by atoms with van der Waals surface area (Å²) in [6.07, 6.45) is 5.18. The van der Waals surface area contributed by atoms with Crippen molar-refractivity contribution >= 4 is 28.6 Å². The summed E-state index contributed by atoms with van der Waals surface area (Å²) in [5.41, 5.74) is 1.08. The Hall–Kier alpha value is -1.66. The minimum absolute atomic E-state index is 0.0153. The number of nitrogens with one attached hydrogen (secondary N) is 1. The van der Waals surface area contributed by atoms with Crippen LogP contribution in [0.4, 0.5) is 0 Å². The summed E-state index contributed by atoms with van der Waals surface area (Å²) in [6.45, 7) is 0.598. The molecule has 1 aromatic heterocycles. The Morgan fingerprint density at radius 1 is 1.43 bits per heavy atom. The van der Waals surface area contributed by atoms with Crippen LogP contribution in [0.3, 0.4) is 0 Å². The fraction of sp³-hybridized carbons (Fsp3) is 0.471. The Kier molecular flexibility index (Phi) is 6.80. The average Bonchev–Trinajstić information content (AvgIpc) is 2.98. The first-order valence-electron chi connectivity index (χ1n) is 7.70. The zero-order chi connectivity index (χ0) is 16.7. The van der Waals surface area contributed by atoms with Crippen LogP contribution in [0, 0.1) is 0 Å². The smallest absolute Gasteiger partial charge is 0.222 e. The lowest BCUT2D eigenvalue weighted by atomic mass is 10.2. The molecule has 1 unspecified atom stereocenters. The van der Waals surface area contributed by atoms with Crippen LogP contribution >= 0.6 is 11.8 Å². The molecule has 0 spiro atoms. The number of carbonyl (C=O) groups is 1. The van der Waals surface area contributed by atoms with Gasteiger partial charge in [-0.2, -0.15) is 11.8 Å². The van der Waals surface area contributed by atoms with Gasteiger partial charge in [0, 0.05) is 30.1 Å². The first-order valence-corrected chi connectivity index (χ1v) is 9.09. The number of amides is 1. The van der Waals surface area contributed by atoms with Crippen molar-refractivity contribution in [2.45, 2.75) is 25.4 Å². The second-order valence-corrected chi connectivity index (χ2v) is 6.40. The van der Waals surface area contributed by atoms with E-state index in [0.717, 1.165) is 28.8 Å². The highest BCUT2D eigenvalue weighted by atomic mass is 32.2. The Labute approximate surface area is 141 Å². The number of carbonyl (C=O) groups excluding carboxylic acids is 1. The van der Waals surface area contributed by atoms with Gasteiger partial charge >= 0.3 is 0 Å². The fourth-order valence-electron chi connectivity index (χ4n) is 2.49. The molecule has 1 atom stereocenters. The zero-order valence-electron chi connectivity index (χ0n) is 13.6. The minimum atomic E-state index is -0.152. The normalized spacial score (nSPS) is 12.3. The fourth-order valence-corrected chi connectivity index (χ4v) is 3.01. The van der Waals surface area contributed by atoms with E-state index in [1.54, 1.807) is 18.9 Å². The molecular formula is C17H24N2O3S. The van der Waals surface area contributed by atoms with Gasteiger partial charge in [-0.15, -0.1) is 0 Å². The van der Waals surface area contributed by atoms with E-state index in [-0.39, 0.29) is 18.6 Å². The summed E-state index contributed by atoms with van der Waals surface area (Å²) in [5, 5.41) is 13.3. The second-order valence-electron chi connectivity index (χ2n) is 5.41. The van der Waals surface area contributed by atoms with Gasteiger partial charge in [-0.3, -0.25) is 4.79 Å². The molecule has 1 heterocycles. The molecule has 2 rings (SSSR count). The van der Waals surface area contributed by atoms with E-state index in [0.29, 0.717) is 13.0 Å². The number of thioether (sulfide) groups is 1. The van der Waals surface area contributed by atoms with Crippen LogP contribution in [-0.2, 0) is 11.3 Å². The lowest BCUT2D eigenvalue weighted by Crippen LogP contribution is -2.38. The third-order valence-electron chi connectivity index (χ3n) is 3.81. The number of hydrogen-bond acceptors (Lipinski definition) is 4. The molecule has 23 heavy (non-hydrogen) atoms. The van der Waals surface area contributed by atoms with Crippen molar-refractivity contribution in [2.75, 3.05) is 25.7 Å². The molecule has 126 valence electrons. The Morgan fingerprint density at radius 2 is 2.26 bits per heavy atom. The van der Waals surface area contributed by atoms with Crippen LogP contribution in [0.2, 0.25) is 0 Å². The molecule has 0 radical (unpaired) electrons. The molecule has 1 aromatic carbocycles. The van der Waals surface area contributed by atoms with Crippen LogP contribution in [0.5, 0.6) is 5.75 Å². The van der Waals surface area contributed by atoms with Gasteiger partial charge in [0.05, 0.1) is 19.8 Å². The number of benzene rings is 1. The highest BCUT2D eigenvalue weighted by Gasteiger charge is 2.11. The van der Waals surface area contributed by atoms with E-state index in [1.165, 1.54) is 0 Å². The lowest BCUT2D eigenvalue weighted by Gasteiger charge is -2.16. The molecule has 0 aliphatic heterocycles. The van der Waals surface area contributed by atoms with Crippen molar-refractivity contribution < 1.29 is 14.6 Å². The third kappa shape index (κ3) is 4.91.